The molecule has 0 aromatic heterocycles. The number of ether oxygens (including phenoxy) is 1. The molecule has 23 heavy (non-hydrogen) atoms. The van der Waals surface area contributed by atoms with Crippen molar-refractivity contribution in [3.8, 4) is 5.75 Å². The monoisotopic (exact) mass is 309 g/mol. The van der Waals surface area contributed by atoms with Gasteiger partial charge in [0.05, 0.1) is 39.3 Å². The van der Waals surface area contributed by atoms with E-state index in [-0.39, 0.29) is 0 Å². The maximum Gasteiger partial charge on any atom is 0.120 e. The molecule has 3 heteroatoms. The van der Waals surface area contributed by atoms with Crippen molar-refractivity contribution >= 4 is 5.69 Å². The number of rotatable bonds is 3. The molecule has 0 amide bonds. The second-order valence-electron chi connectivity index (χ2n) is 6.72. The van der Waals surface area contributed by atoms with Gasteiger partial charge in [-0.15, -0.1) is 0 Å². The summed E-state index contributed by atoms with van der Waals surface area (Å²) in [6, 6.07) is 18.2. The minimum Gasteiger partial charge on any atom is -0.497 e. The number of quaternary nitrogens is 1. The van der Waals surface area contributed by atoms with Crippen molar-refractivity contribution in [1.29, 1.82) is 0 Å². The third-order valence-corrected chi connectivity index (χ3v) is 5.45. The summed E-state index contributed by atoms with van der Waals surface area (Å²) < 4.78 is 5.35. The van der Waals surface area contributed by atoms with Gasteiger partial charge in [0, 0.05) is 24.6 Å². The lowest BCUT2D eigenvalue weighted by molar-refractivity contribution is -0.925. The molecule has 120 valence electrons. The predicted octanol–water partition coefficient (Wildman–Crippen LogP) is 1.57. The smallest absolute Gasteiger partial charge is 0.120 e. The van der Waals surface area contributed by atoms with Crippen LogP contribution >= 0.6 is 0 Å². The van der Waals surface area contributed by atoms with E-state index in [4.69, 9.17) is 4.74 Å². The van der Waals surface area contributed by atoms with Gasteiger partial charge in [-0.3, -0.25) is 0 Å². The molecule has 1 saturated heterocycles. The van der Waals surface area contributed by atoms with E-state index in [1.165, 1.54) is 31.6 Å². The van der Waals surface area contributed by atoms with E-state index in [2.05, 4.69) is 47.4 Å². The van der Waals surface area contributed by atoms with Crippen LogP contribution in [0.2, 0.25) is 0 Å². The number of nitrogens with zero attached hydrogens (tertiary/aromatic N) is 1. The zero-order chi connectivity index (χ0) is 15.6. The third-order valence-electron chi connectivity index (χ3n) is 5.45. The van der Waals surface area contributed by atoms with E-state index < -0.39 is 0 Å². The van der Waals surface area contributed by atoms with Crippen LogP contribution in [0.1, 0.15) is 11.1 Å². The van der Waals surface area contributed by atoms with Crippen molar-refractivity contribution in [2.75, 3.05) is 38.2 Å². The van der Waals surface area contributed by atoms with Crippen LogP contribution in [0.5, 0.6) is 5.75 Å². The number of piperazine rings is 1. The van der Waals surface area contributed by atoms with Crippen LogP contribution < -0.4 is 14.5 Å². The molecule has 0 saturated carbocycles. The van der Waals surface area contributed by atoms with Gasteiger partial charge in [-0.25, -0.2) is 0 Å². The fourth-order valence-electron chi connectivity index (χ4n) is 4.12. The summed E-state index contributed by atoms with van der Waals surface area (Å²) in [6.07, 6.45) is 2.51. The first kappa shape index (κ1) is 14.6. The number of fused-ring (bicyclic) bond motifs is 1. The molecule has 0 unspecified atom stereocenters. The highest BCUT2D eigenvalue weighted by Crippen LogP contribution is 2.22. The van der Waals surface area contributed by atoms with Gasteiger partial charge in [0.2, 0.25) is 0 Å². The number of benzene rings is 2. The molecular weight excluding hydrogens is 284 g/mol. The SMILES string of the molecule is COc1cccc(N2CC[NH+](C3Cc4ccccc4C3)CC2)c1. The fourth-order valence-corrected chi connectivity index (χ4v) is 4.12. The Morgan fingerprint density at radius 2 is 1.65 bits per heavy atom. The number of nitrogens with one attached hydrogen (secondary N) is 1. The minimum atomic E-state index is 0.778. The van der Waals surface area contributed by atoms with Crippen LogP contribution in [0.4, 0.5) is 5.69 Å². The molecule has 3 nitrogen and oxygen atoms in total. The van der Waals surface area contributed by atoms with E-state index in [0.29, 0.717) is 0 Å². The van der Waals surface area contributed by atoms with E-state index in [1.54, 1.807) is 23.1 Å². The van der Waals surface area contributed by atoms with Crippen molar-refractivity contribution in [3.63, 3.8) is 0 Å². The molecular formula is C20H25N2O+. The van der Waals surface area contributed by atoms with Gasteiger partial charge >= 0.3 is 0 Å². The second-order valence-corrected chi connectivity index (χ2v) is 6.72. The Hall–Kier alpha value is -2.00. The van der Waals surface area contributed by atoms with Crippen molar-refractivity contribution in [1.82, 2.24) is 0 Å². The zero-order valence-corrected chi connectivity index (χ0v) is 13.8. The molecule has 2 aromatic carbocycles. The highest BCUT2D eigenvalue weighted by Gasteiger charge is 2.32. The number of anilines is 1. The van der Waals surface area contributed by atoms with Gasteiger partial charge in [0.15, 0.2) is 0 Å². The number of methoxy groups -OCH3 is 1. The van der Waals surface area contributed by atoms with Gasteiger partial charge in [-0.05, 0) is 23.3 Å². The van der Waals surface area contributed by atoms with Crippen LogP contribution in [0, 0.1) is 0 Å². The lowest BCUT2D eigenvalue weighted by Gasteiger charge is -2.36. The van der Waals surface area contributed by atoms with Crippen LogP contribution in [-0.4, -0.2) is 39.3 Å². The Morgan fingerprint density at radius 3 is 2.30 bits per heavy atom. The molecule has 1 aliphatic heterocycles. The van der Waals surface area contributed by atoms with Crippen LogP contribution in [0.25, 0.3) is 0 Å². The summed E-state index contributed by atoms with van der Waals surface area (Å²) in [4.78, 5) is 4.27. The Balaban J connectivity index is 1.38. The maximum atomic E-state index is 5.35. The molecule has 1 N–H and O–H groups in total. The van der Waals surface area contributed by atoms with Gasteiger partial charge < -0.3 is 14.5 Å². The van der Waals surface area contributed by atoms with Crippen LogP contribution in [0.15, 0.2) is 48.5 Å². The lowest BCUT2D eigenvalue weighted by atomic mass is 10.1. The first-order valence-corrected chi connectivity index (χ1v) is 8.64. The molecule has 1 heterocycles. The summed E-state index contributed by atoms with van der Waals surface area (Å²) in [5.41, 5.74) is 4.43. The molecule has 0 spiro atoms. The summed E-state index contributed by atoms with van der Waals surface area (Å²) in [5, 5.41) is 0. The van der Waals surface area contributed by atoms with Gasteiger partial charge in [0.25, 0.3) is 0 Å². The normalized spacial score (nSPS) is 18.9. The topological polar surface area (TPSA) is 16.9 Å². The third kappa shape index (κ3) is 2.93. The molecule has 0 atom stereocenters. The highest BCUT2D eigenvalue weighted by atomic mass is 16.5. The van der Waals surface area contributed by atoms with E-state index in [9.17, 15) is 0 Å². The van der Waals surface area contributed by atoms with Crippen LogP contribution in [-0.2, 0) is 12.8 Å². The number of hydrogen-bond donors (Lipinski definition) is 1. The average Bonchev–Trinajstić information content (AvgIpc) is 3.06. The summed E-state index contributed by atoms with van der Waals surface area (Å²) in [7, 11) is 1.74. The average molecular weight is 309 g/mol. The lowest BCUT2D eigenvalue weighted by Crippen LogP contribution is -3.18. The predicted molar refractivity (Wildman–Crippen MR) is 93.5 cm³/mol. The van der Waals surface area contributed by atoms with Crippen molar-refractivity contribution in [2.24, 2.45) is 0 Å². The minimum absolute atomic E-state index is 0.778. The van der Waals surface area contributed by atoms with Crippen molar-refractivity contribution in [2.45, 2.75) is 18.9 Å². The summed E-state index contributed by atoms with van der Waals surface area (Å²) in [5.74, 6) is 0.948. The van der Waals surface area contributed by atoms with Gasteiger partial charge in [-0.1, -0.05) is 30.3 Å². The van der Waals surface area contributed by atoms with E-state index in [1.807, 2.05) is 6.07 Å². The molecule has 4 rings (SSSR count). The largest absolute Gasteiger partial charge is 0.497 e. The Bertz CT molecular complexity index is 652. The second kappa shape index (κ2) is 6.25. The molecule has 0 radical (unpaired) electrons. The first-order valence-electron chi connectivity index (χ1n) is 8.64. The first-order chi connectivity index (χ1) is 11.3. The zero-order valence-electron chi connectivity index (χ0n) is 13.8. The van der Waals surface area contributed by atoms with E-state index >= 15 is 0 Å². The Morgan fingerprint density at radius 1 is 0.957 bits per heavy atom. The molecule has 2 aromatic rings. The Kier molecular flexibility index (Phi) is 3.96. The maximum absolute atomic E-state index is 5.35. The summed E-state index contributed by atoms with van der Waals surface area (Å²) in [6.45, 7) is 4.73. The number of hydrogen-bond acceptors (Lipinski definition) is 2. The fraction of sp³-hybridized carbons (Fsp3) is 0.400. The van der Waals surface area contributed by atoms with Crippen molar-refractivity contribution in [3.05, 3.63) is 59.7 Å². The molecule has 1 fully saturated rings. The molecule has 0 bridgehead atoms. The molecule has 1 aliphatic carbocycles. The van der Waals surface area contributed by atoms with Crippen molar-refractivity contribution < 1.29 is 9.64 Å². The standard InChI is InChI=1S/C20H24N2O/c1-23-20-8-4-7-18(15-20)21-9-11-22(12-10-21)19-13-16-5-2-3-6-17(16)14-19/h2-8,15,19H,9-14H2,1H3/p+1. The van der Waals surface area contributed by atoms with Gasteiger partial charge in [0.1, 0.15) is 5.75 Å². The quantitative estimate of drug-likeness (QED) is 0.927. The summed E-state index contributed by atoms with van der Waals surface area (Å²) >= 11 is 0. The Labute approximate surface area is 138 Å². The van der Waals surface area contributed by atoms with Gasteiger partial charge in [-0.2, -0.15) is 0 Å². The highest BCUT2D eigenvalue weighted by molar-refractivity contribution is 5.50. The van der Waals surface area contributed by atoms with Crippen LogP contribution in [0.3, 0.4) is 0 Å². The molecule has 2 aliphatic rings. The van der Waals surface area contributed by atoms with E-state index in [0.717, 1.165) is 24.9 Å².